The molecular weight excluding hydrogens is 664 g/mol. The predicted molar refractivity (Wildman–Crippen MR) is 11.5 cm³/mol. The largest absolute Gasteiger partial charge is 4.00 e. The zero-order valence-electron chi connectivity index (χ0n) is 8.28. The Morgan fingerprint density at radius 2 is 0.333 bits per heavy atom. The van der Waals surface area contributed by atoms with Crippen molar-refractivity contribution in [3.63, 3.8) is 0 Å². The molecule has 0 saturated heterocycles. The van der Waals surface area contributed by atoms with Crippen LogP contribution in [0.4, 0.5) is 0 Å². The molecule has 0 heterocycles. The zero-order chi connectivity index (χ0) is 0. The third kappa shape index (κ3) is 413. The summed E-state index contributed by atoms with van der Waals surface area (Å²) in [6, 6.07) is 0. The average Bonchev–Trinajstić information content (AvgIpc) is 0. The Hall–Kier alpha value is 4.27. The summed E-state index contributed by atoms with van der Waals surface area (Å²) in [5.41, 5.74) is 0. The molecule has 0 aliphatic rings. The van der Waals surface area contributed by atoms with E-state index in [-0.39, 0.29) is 219 Å². The van der Waals surface area contributed by atoms with E-state index >= 15 is 0 Å². The Labute approximate surface area is 214 Å². The third-order valence-corrected chi connectivity index (χ3v) is 0. The van der Waals surface area contributed by atoms with Gasteiger partial charge in [-0.1, -0.05) is 0 Å². The summed E-state index contributed by atoms with van der Waals surface area (Å²) in [5, 5.41) is 0. The van der Waals surface area contributed by atoms with E-state index in [9.17, 15) is 0 Å². The second kappa shape index (κ2) is 479. The molecule has 0 aliphatic heterocycles. The summed E-state index contributed by atoms with van der Waals surface area (Å²) in [6.45, 7) is 0. The van der Waals surface area contributed by atoms with Gasteiger partial charge in [-0.05, 0) is 0 Å². The van der Waals surface area contributed by atoms with Gasteiger partial charge in [0.05, 0.1) is 0 Å². The van der Waals surface area contributed by atoms with E-state index in [4.69, 9.17) is 0 Å². The summed E-state index contributed by atoms with van der Waals surface area (Å²) in [7, 11) is 0. The molecule has 0 aliphatic carbocycles. The first-order valence-corrected chi connectivity index (χ1v) is 0. The van der Waals surface area contributed by atoms with E-state index in [2.05, 4.69) is 0 Å². The Morgan fingerprint density at radius 1 is 0.333 bits per heavy atom. The van der Waals surface area contributed by atoms with Crippen molar-refractivity contribution in [3.8, 4) is 0 Å². The van der Waals surface area contributed by atoms with Crippen LogP contribution in [-0.4, -0.2) is 66.2 Å². The van der Waals surface area contributed by atoms with Crippen molar-refractivity contribution >= 4 is 66.2 Å². The maximum atomic E-state index is 0. The van der Waals surface area contributed by atoms with Crippen molar-refractivity contribution in [2.45, 2.75) is 0 Å². The molecule has 18 heavy (non-hydrogen) atoms. The van der Waals surface area contributed by atoms with E-state index in [1.165, 1.54) is 0 Å². The van der Waals surface area contributed by atoms with Crippen LogP contribution in [0.1, 0.15) is 0 Å². The predicted octanol–water partition coefficient (Wildman–Crippen LogP) is -42.7. The molecule has 0 aromatic rings. The minimum absolute atomic E-state index is 0. The van der Waals surface area contributed by atoms with E-state index in [1.54, 1.807) is 0 Å². The van der Waals surface area contributed by atoms with Gasteiger partial charge in [0.15, 0.2) is 0 Å². The topological polar surface area (TPSA) is 0 Å². The first-order valence-electron chi connectivity index (χ1n) is 0. The van der Waals surface area contributed by atoms with Crippen LogP contribution < -0.4 is 90.7 Å². The molecule has 18 heteroatoms. The quantitative estimate of drug-likeness (QED) is 0.179. The van der Waals surface area contributed by atoms with E-state index in [0.717, 1.165) is 0 Å². The molecule has 0 nitrogen and oxygen atoms in total. The van der Waals surface area contributed by atoms with Crippen molar-refractivity contribution in [1.82, 2.24) is 0 Å². The summed E-state index contributed by atoms with van der Waals surface area (Å²) in [6.07, 6.45) is 0. The van der Waals surface area contributed by atoms with Gasteiger partial charge in [0, 0.05) is 0 Å². The second-order valence-electron chi connectivity index (χ2n) is 0. The van der Waals surface area contributed by atoms with Crippen LogP contribution in [0.3, 0.4) is 0 Å². The molecule has 0 atom stereocenters. The van der Waals surface area contributed by atoms with Crippen molar-refractivity contribution in [1.29, 1.82) is 0 Å². The molecule has 0 N–H and O–H groups in total. The van der Waals surface area contributed by atoms with Crippen LogP contribution >= 0.6 is 0 Å². The molecule has 0 aromatic carbocycles. The smallest absolute Gasteiger partial charge is 1.00 e. The molecule has 0 radical (unpaired) electrons. The minimum atomic E-state index is 0. The van der Waals surface area contributed by atoms with Crippen molar-refractivity contribution < 1.29 is 153 Å². The number of hydrogen-bond donors (Lipinski definition) is 0. The fraction of sp³-hybridized carbons (Fsp3) is 0. The molecule has 0 rings (SSSR count). The van der Waals surface area contributed by atoms with Gasteiger partial charge in [0.1, 0.15) is 0 Å². The molecule has 0 unspecified atom stereocenters. The molecular formula is AlBaF13LaNaZr. The number of rotatable bonds is 0. The average molecular weight is 664 g/mol. The molecule has 0 fully saturated rings. The zero-order valence-corrected chi connectivity index (χ0v) is 22.0. The second-order valence-corrected chi connectivity index (χ2v) is 0. The van der Waals surface area contributed by atoms with Crippen LogP contribution in [0.5, 0.6) is 0 Å². The molecule has 0 aromatic heterocycles. The third-order valence-electron chi connectivity index (χ3n) is 0. The maximum Gasteiger partial charge on any atom is 4.00 e. The number of halogens is 13. The Morgan fingerprint density at radius 3 is 0.333 bits per heavy atom. The van der Waals surface area contributed by atoms with Gasteiger partial charge in [-0.2, -0.15) is 0 Å². The van der Waals surface area contributed by atoms with Crippen molar-refractivity contribution in [3.05, 3.63) is 0 Å². The van der Waals surface area contributed by atoms with E-state index in [0.29, 0.717) is 0 Å². The van der Waals surface area contributed by atoms with Crippen LogP contribution in [0.15, 0.2) is 0 Å². The Bertz CT molecular complexity index is 27.0. The number of hydrogen-bond acceptors (Lipinski definition) is 0. The van der Waals surface area contributed by atoms with Crippen molar-refractivity contribution in [2.24, 2.45) is 0 Å². The monoisotopic (exact) mass is 664 g/mol. The van der Waals surface area contributed by atoms with Gasteiger partial charge in [0.2, 0.25) is 0 Å². The van der Waals surface area contributed by atoms with Gasteiger partial charge in [0.25, 0.3) is 0 Å². The summed E-state index contributed by atoms with van der Waals surface area (Å²) in [5.74, 6) is 0. The molecule has 0 spiro atoms. The molecule has 0 saturated carbocycles. The molecule has 104 valence electrons. The van der Waals surface area contributed by atoms with Gasteiger partial charge in [-0.3, -0.25) is 0 Å². The van der Waals surface area contributed by atoms with Gasteiger partial charge < -0.3 is 61.2 Å². The normalized spacial score (nSPS) is 0. The standard InChI is InChI=1S/Al.Ba.13FH.La.Na.Zr/h;;13*1H;;;/q+3;+2;;;;;;;;;;;;;;+3;+1;+4/p-13. The molecule has 0 bridgehead atoms. The maximum absolute atomic E-state index is 0. The summed E-state index contributed by atoms with van der Waals surface area (Å²) in [4.78, 5) is 0. The van der Waals surface area contributed by atoms with E-state index in [1.807, 2.05) is 0 Å². The summed E-state index contributed by atoms with van der Waals surface area (Å²) < 4.78 is 0. The Kier molecular flexibility index (Phi) is 14700. The van der Waals surface area contributed by atoms with Gasteiger partial charge in [-0.15, -0.1) is 0 Å². The van der Waals surface area contributed by atoms with Crippen molar-refractivity contribution in [2.75, 3.05) is 0 Å². The van der Waals surface area contributed by atoms with Crippen LogP contribution in [0.2, 0.25) is 0 Å². The van der Waals surface area contributed by atoms with E-state index < -0.39 is 0 Å². The van der Waals surface area contributed by atoms with Gasteiger partial charge in [-0.25, -0.2) is 0 Å². The van der Waals surface area contributed by atoms with Crippen LogP contribution in [0.25, 0.3) is 0 Å². The first-order chi connectivity index (χ1) is 0. The fourth-order valence-corrected chi connectivity index (χ4v) is 0. The SMILES string of the molecule is [Al+3].[Ba+2].[F-].[F-].[F-].[F-].[F-].[F-].[F-].[F-].[F-].[F-].[F-].[F-].[F-].[La+3].[Na+].[Zr+4]. The molecule has 0 amide bonds. The van der Waals surface area contributed by atoms with Crippen LogP contribution in [-0.2, 0) is 26.2 Å². The fourth-order valence-electron chi connectivity index (χ4n) is 0. The summed E-state index contributed by atoms with van der Waals surface area (Å²) >= 11 is 0. The minimum Gasteiger partial charge on any atom is -1.00 e. The van der Waals surface area contributed by atoms with Crippen LogP contribution in [0, 0.1) is 35.6 Å². The Balaban J connectivity index is 0. The van der Waals surface area contributed by atoms with Gasteiger partial charge >= 0.3 is 158 Å². The first kappa shape index (κ1) is 552.